The summed E-state index contributed by atoms with van der Waals surface area (Å²) < 4.78 is 79.1. The van der Waals surface area contributed by atoms with Gasteiger partial charge in [0.1, 0.15) is 16.6 Å². The van der Waals surface area contributed by atoms with E-state index < -0.39 is 32.8 Å². The number of hydrogen-bond acceptors (Lipinski definition) is 3. The van der Waals surface area contributed by atoms with Crippen LogP contribution in [0.4, 0.5) is 23.8 Å². The van der Waals surface area contributed by atoms with E-state index >= 15 is 0 Å². The Bertz CT molecular complexity index is 1200. The Morgan fingerprint density at radius 2 is 1.74 bits per heavy atom. The lowest BCUT2D eigenvalue weighted by Crippen LogP contribution is -2.23. The third-order valence-corrected chi connectivity index (χ3v) is 5.59. The molecule has 164 valence electrons. The standard InChI is InChI=1S/C19H14F6N4OS/c20-15-4-1-13(14(9-15)10-26)11-29-8-7-17(28-29)18(19(27)30)12-2-5-16(6-3-12)31(21,22,23,24)25/h1-9,18H,11H2,(H2,27,30). The van der Waals surface area contributed by atoms with Crippen LogP contribution in [0.25, 0.3) is 0 Å². The van der Waals surface area contributed by atoms with Crippen LogP contribution in [0.3, 0.4) is 0 Å². The molecule has 1 heterocycles. The highest BCUT2D eigenvalue weighted by Crippen LogP contribution is 3.02. The molecule has 0 fully saturated rings. The first kappa shape index (κ1) is 22.2. The van der Waals surface area contributed by atoms with E-state index in [1.807, 2.05) is 6.07 Å². The van der Waals surface area contributed by atoms with Gasteiger partial charge in [-0.3, -0.25) is 9.48 Å². The van der Waals surface area contributed by atoms with Gasteiger partial charge in [0.2, 0.25) is 5.91 Å². The maximum atomic E-state index is 13.3. The second kappa shape index (κ2) is 6.78. The molecule has 3 aromatic rings. The number of benzene rings is 2. The van der Waals surface area contributed by atoms with Crippen LogP contribution in [0, 0.1) is 17.1 Å². The highest BCUT2D eigenvalue weighted by Gasteiger charge is 2.65. The van der Waals surface area contributed by atoms with Gasteiger partial charge in [-0.1, -0.05) is 37.6 Å². The lowest BCUT2D eigenvalue weighted by molar-refractivity contribution is -0.118. The van der Waals surface area contributed by atoms with Gasteiger partial charge in [-0.25, -0.2) is 4.39 Å². The molecule has 3 rings (SSSR count). The molecule has 12 heteroatoms. The van der Waals surface area contributed by atoms with Crippen molar-refractivity contribution in [1.82, 2.24) is 9.78 Å². The third kappa shape index (κ3) is 5.00. The Labute approximate surface area is 172 Å². The molecular formula is C19H14F6N4OS. The van der Waals surface area contributed by atoms with E-state index in [2.05, 4.69) is 5.10 Å². The van der Waals surface area contributed by atoms with Gasteiger partial charge in [-0.05, 0) is 41.5 Å². The average molecular weight is 460 g/mol. The Morgan fingerprint density at radius 1 is 1.10 bits per heavy atom. The molecule has 0 bridgehead atoms. The van der Waals surface area contributed by atoms with Gasteiger partial charge in [0, 0.05) is 6.20 Å². The zero-order valence-electron chi connectivity index (χ0n) is 15.5. The largest absolute Gasteiger partial charge is 0.369 e. The van der Waals surface area contributed by atoms with Crippen molar-refractivity contribution in [3.63, 3.8) is 0 Å². The molecule has 1 unspecified atom stereocenters. The summed E-state index contributed by atoms with van der Waals surface area (Å²) >= 11 is 0. The Morgan fingerprint density at radius 3 is 2.29 bits per heavy atom. The fraction of sp³-hybridized carbons (Fsp3) is 0.105. The number of aromatic nitrogens is 2. The number of halogens is 6. The molecule has 0 radical (unpaired) electrons. The van der Waals surface area contributed by atoms with Gasteiger partial charge in [0.05, 0.1) is 23.9 Å². The molecule has 0 aliphatic rings. The van der Waals surface area contributed by atoms with Crippen molar-refractivity contribution in [1.29, 1.82) is 5.26 Å². The maximum Gasteiger partial charge on any atom is 0.310 e. The molecule has 0 saturated carbocycles. The van der Waals surface area contributed by atoms with Gasteiger partial charge >= 0.3 is 10.2 Å². The maximum absolute atomic E-state index is 13.3. The molecule has 5 nitrogen and oxygen atoms in total. The summed E-state index contributed by atoms with van der Waals surface area (Å²) in [5.74, 6) is -2.84. The number of carbonyl (C=O) groups excluding carboxylic acids is 1. The SMILES string of the molecule is N#Cc1cc(F)ccc1Cn1ccc(C(C(N)=O)c2ccc(S(F)(F)(F)(F)F)cc2)n1. The van der Waals surface area contributed by atoms with E-state index in [4.69, 9.17) is 11.0 Å². The van der Waals surface area contributed by atoms with Crippen LogP contribution in [-0.4, -0.2) is 15.7 Å². The lowest BCUT2D eigenvalue weighted by atomic mass is 9.95. The minimum absolute atomic E-state index is 0.0395. The molecule has 2 aromatic carbocycles. The number of rotatable bonds is 6. The number of nitrogens with zero attached hydrogens (tertiary/aromatic N) is 3. The van der Waals surface area contributed by atoms with E-state index in [1.54, 1.807) is 0 Å². The molecule has 0 saturated heterocycles. The number of nitriles is 1. The van der Waals surface area contributed by atoms with E-state index in [0.717, 1.165) is 24.3 Å². The molecule has 0 aliphatic heterocycles. The number of carbonyl (C=O) groups is 1. The first-order chi connectivity index (χ1) is 14.2. The molecular weight excluding hydrogens is 446 g/mol. The predicted molar refractivity (Wildman–Crippen MR) is 101 cm³/mol. The van der Waals surface area contributed by atoms with Crippen LogP contribution in [-0.2, 0) is 11.3 Å². The smallest absolute Gasteiger partial charge is 0.310 e. The summed E-state index contributed by atoms with van der Waals surface area (Å²) in [7, 11) is -9.85. The monoisotopic (exact) mass is 460 g/mol. The second-order valence-electron chi connectivity index (χ2n) is 6.72. The summed E-state index contributed by atoms with van der Waals surface area (Å²) in [4.78, 5) is 9.85. The Hall–Kier alpha value is -3.46. The van der Waals surface area contributed by atoms with Crippen LogP contribution in [0.5, 0.6) is 0 Å². The average Bonchev–Trinajstić information content (AvgIpc) is 3.09. The first-order valence-corrected chi connectivity index (χ1v) is 10.5. The van der Waals surface area contributed by atoms with Crippen LogP contribution < -0.4 is 5.73 Å². The number of primary amides is 1. The normalized spacial score (nSPS) is 14.9. The number of hydrogen-bond donors (Lipinski definition) is 1. The first-order valence-electron chi connectivity index (χ1n) is 8.53. The fourth-order valence-electron chi connectivity index (χ4n) is 2.98. The van der Waals surface area contributed by atoms with Gasteiger partial charge in [0.25, 0.3) is 0 Å². The van der Waals surface area contributed by atoms with Crippen LogP contribution in [0.2, 0.25) is 0 Å². The van der Waals surface area contributed by atoms with Crippen molar-refractivity contribution in [3.8, 4) is 6.07 Å². The molecule has 1 atom stereocenters. The van der Waals surface area contributed by atoms with E-state index in [9.17, 15) is 28.6 Å². The summed E-state index contributed by atoms with van der Waals surface area (Å²) in [6.45, 7) is 0.0395. The van der Waals surface area contributed by atoms with Crippen molar-refractivity contribution in [3.05, 3.63) is 82.9 Å². The highest BCUT2D eigenvalue weighted by molar-refractivity contribution is 8.45. The van der Waals surface area contributed by atoms with Gasteiger partial charge in [-0.15, -0.1) is 0 Å². The molecule has 2 N–H and O–H groups in total. The Balaban J connectivity index is 1.92. The molecule has 0 spiro atoms. The quantitative estimate of drug-likeness (QED) is 0.512. The van der Waals surface area contributed by atoms with Crippen molar-refractivity contribution in [2.75, 3.05) is 0 Å². The zero-order chi connectivity index (χ0) is 23.1. The molecule has 1 aromatic heterocycles. The van der Waals surface area contributed by atoms with E-state index in [0.29, 0.717) is 5.56 Å². The lowest BCUT2D eigenvalue weighted by Gasteiger charge is -2.40. The topological polar surface area (TPSA) is 84.7 Å². The van der Waals surface area contributed by atoms with Gasteiger partial charge in [0.15, 0.2) is 0 Å². The summed E-state index contributed by atoms with van der Waals surface area (Å²) in [5, 5.41) is 13.3. The minimum atomic E-state index is -9.85. The van der Waals surface area contributed by atoms with Gasteiger partial charge in [-0.2, -0.15) is 10.4 Å². The van der Waals surface area contributed by atoms with Crippen molar-refractivity contribution >= 4 is 16.1 Å². The van der Waals surface area contributed by atoms with Crippen LogP contribution in [0.1, 0.15) is 28.3 Å². The van der Waals surface area contributed by atoms with Crippen molar-refractivity contribution < 1.29 is 28.6 Å². The fourth-order valence-corrected chi connectivity index (χ4v) is 3.63. The number of nitrogens with two attached hydrogens (primary N) is 1. The van der Waals surface area contributed by atoms with Crippen LogP contribution in [0.15, 0.2) is 59.6 Å². The zero-order valence-corrected chi connectivity index (χ0v) is 16.3. The predicted octanol–water partition coefficient (Wildman–Crippen LogP) is 5.22. The number of amides is 1. The van der Waals surface area contributed by atoms with Crippen molar-refractivity contribution in [2.45, 2.75) is 17.4 Å². The molecule has 0 aliphatic carbocycles. The van der Waals surface area contributed by atoms with E-state index in [1.165, 1.54) is 23.0 Å². The Kier molecular flexibility index (Phi) is 4.86. The summed E-state index contributed by atoms with van der Waals surface area (Å²) in [5.41, 5.74) is 5.89. The van der Waals surface area contributed by atoms with Crippen molar-refractivity contribution in [2.24, 2.45) is 5.73 Å². The van der Waals surface area contributed by atoms with E-state index in [-0.39, 0.29) is 35.5 Å². The third-order valence-electron chi connectivity index (χ3n) is 4.43. The minimum Gasteiger partial charge on any atom is -0.369 e. The van der Waals surface area contributed by atoms with Crippen LogP contribution >= 0.6 is 10.2 Å². The summed E-state index contributed by atoms with van der Waals surface area (Å²) in [6.07, 6.45) is 1.43. The highest BCUT2D eigenvalue weighted by atomic mass is 32.5. The second-order valence-corrected chi connectivity index (χ2v) is 9.13. The van der Waals surface area contributed by atoms with Gasteiger partial charge < -0.3 is 5.73 Å². The summed E-state index contributed by atoms with van der Waals surface area (Å²) in [6, 6.07) is 8.71. The molecule has 31 heavy (non-hydrogen) atoms. The molecule has 1 amide bonds.